The van der Waals surface area contributed by atoms with Crippen molar-refractivity contribution in [2.24, 2.45) is 0 Å². The van der Waals surface area contributed by atoms with Crippen molar-refractivity contribution in [3.05, 3.63) is 67.0 Å². The second-order valence-corrected chi connectivity index (χ2v) is 4.06. The molecule has 0 unspecified atom stereocenters. The molecule has 0 radical (unpaired) electrons. The Morgan fingerprint density at radius 1 is 0.727 bits per heavy atom. The van der Waals surface area contributed by atoms with E-state index in [9.17, 15) is 0 Å². The first kappa shape index (κ1) is 17.7. The summed E-state index contributed by atoms with van der Waals surface area (Å²) in [6, 6.07) is 19.2. The van der Waals surface area contributed by atoms with Gasteiger partial charge >= 0.3 is 21.1 Å². The first-order valence-corrected chi connectivity index (χ1v) is 6.46. The molecule has 0 saturated carbocycles. The summed E-state index contributed by atoms with van der Waals surface area (Å²) in [6.45, 7) is 1.43. The molecule has 0 aliphatic rings. The van der Waals surface area contributed by atoms with Crippen molar-refractivity contribution < 1.29 is 21.1 Å². The van der Waals surface area contributed by atoms with E-state index in [2.05, 4.69) is 15.0 Å². The molecular weight excluding hydrogens is 455 g/mol. The molecule has 0 aliphatic carbocycles. The number of nitrogens with zero attached hydrogens (tertiary/aromatic N) is 4. The average Bonchev–Trinajstić information content (AvgIpc) is 2.57. The second kappa shape index (κ2) is 9.54. The van der Waals surface area contributed by atoms with Crippen molar-refractivity contribution in [2.75, 3.05) is 0 Å². The van der Waals surface area contributed by atoms with Gasteiger partial charge in [-0.1, -0.05) is 18.2 Å². The molecule has 3 heterocycles. The number of aromatic nitrogens is 3. The maximum Gasteiger partial charge on any atom is 2.00 e. The van der Waals surface area contributed by atoms with Crippen LogP contribution in [0.15, 0.2) is 67.0 Å². The zero-order valence-electron chi connectivity index (χ0n) is 12.0. The first-order chi connectivity index (χ1) is 10.3. The fourth-order valence-electron chi connectivity index (χ4n) is 1.75. The Bertz CT molecular complexity index is 670. The molecule has 0 saturated heterocycles. The standard InChI is InChI=1S/C15H11N3.C2H3N.Pt/c1-3-10-16-12(6-1)14-8-5-9-15(18-14)13-7-2-4-11-17-13;1-2-3;/h1-11H;1H3;/q;;+2. The summed E-state index contributed by atoms with van der Waals surface area (Å²) >= 11 is 0. The normalized spacial score (nSPS) is 8.73. The van der Waals surface area contributed by atoms with Gasteiger partial charge in [0.2, 0.25) is 0 Å². The molecule has 0 aliphatic heterocycles. The van der Waals surface area contributed by atoms with Crippen LogP contribution in [-0.2, 0) is 21.1 Å². The SMILES string of the molecule is CC#N.[Pt+2].c1ccc(-c2cccc(-c3ccccn3)n2)nc1. The van der Waals surface area contributed by atoms with Gasteiger partial charge < -0.3 is 0 Å². The van der Waals surface area contributed by atoms with Crippen molar-refractivity contribution >= 4 is 0 Å². The van der Waals surface area contributed by atoms with Gasteiger partial charge in [-0.05, 0) is 36.4 Å². The molecule has 4 nitrogen and oxygen atoms in total. The predicted octanol–water partition coefficient (Wildman–Crippen LogP) is 3.73. The molecule has 0 atom stereocenters. The molecule has 0 fully saturated rings. The Morgan fingerprint density at radius 2 is 1.14 bits per heavy atom. The van der Waals surface area contributed by atoms with Gasteiger partial charge in [-0.2, -0.15) is 5.26 Å². The average molecular weight is 469 g/mol. The first-order valence-electron chi connectivity index (χ1n) is 6.46. The second-order valence-electron chi connectivity index (χ2n) is 4.06. The van der Waals surface area contributed by atoms with Gasteiger partial charge in [0, 0.05) is 19.3 Å². The predicted molar refractivity (Wildman–Crippen MR) is 82.0 cm³/mol. The third kappa shape index (κ3) is 4.87. The van der Waals surface area contributed by atoms with Gasteiger partial charge in [-0.15, -0.1) is 0 Å². The van der Waals surface area contributed by atoms with E-state index in [4.69, 9.17) is 5.26 Å². The summed E-state index contributed by atoms with van der Waals surface area (Å²) < 4.78 is 0. The zero-order valence-corrected chi connectivity index (χ0v) is 14.2. The Morgan fingerprint density at radius 3 is 1.50 bits per heavy atom. The fraction of sp³-hybridized carbons (Fsp3) is 0.0588. The van der Waals surface area contributed by atoms with Crippen LogP contribution in [0.1, 0.15) is 6.92 Å². The van der Waals surface area contributed by atoms with Crippen LogP contribution < -0.4 is 0 Å². The van der Waals surface area contributed by atoms with E-state index in [0.717, 1.165) is 22.8 Å². The maximum absolute atomic E-state index is 7.32. The quantitative estimate of drug-likeness (QED) is 0.574. The minimum atomic E-state index is 0. The van der Waals surface area contributed by atoms with E-state index in [1.807, 2.05) is 54.6 Å². The molecule has 110 valence electrons. The smallest absolute Gasteiger partial charge is 0.255 e. The van der Waals surface area contributed by atoms with Gasteiger partial charge in [-0.3, -0.25) is 9.97 Å². The zero-order chi connectivity index (χ0) is 14.9. The van der Waals surface area contributed by atoms with Crippen LogP contribution >= 0.6 is 0 Å². The molecule has 22 heavy (non-hydrogen) atoms. The Labute approximate surface area is 144 Å². The van der Waals surface area contributed by atoms with E-state index in [1.54, 1.807) is 18.5 Å². The summed E-state index contributed by atoms with van der Waals surface area (Å²) in [5.74, 6) is 0. The van der Waals surface area contributed by atoms with Gasteiger partial charge in [-0.25, -0.2) is 4.98 Å². The monoisotopic (exact) mass is 469 g/mol. The summed E-state index contributed by atoms with van der Waals surface area (Å²) in [5.41, 5.74) is 3.46. The number of hydrogen-bond donors (Lipinski definition) is 0. The number of rotatable bonds is 2. The van der Waals surface area contributed by atoms with E-state index >= 15 is 0 Å². The van der Waals surface area contributed by atoms with E-state index in [1.165, 1.54) is 6.92 Å². The fourth-order valence-corrected chi connectivity index (χ4v) is 1.75. The minimum absolute atomic E-state index is 0. The van der Waals surface area contributed by atoms with E-state index < -0.39 is 0 Å². The summed E-state index contributed by atoms with van der Waals surface area (Å²) in [4.78, 5) is 13.2. The molecule has 0 aromatic carbocycles. The van der Waals surface area contributed by atoms with Crippen molar-refractivity contribution in [3.8, 4) is 28.8 Å². The van der Waals surface area contributed by atoms with Crippen molar-refractivity contribution in [3.63, 3.8) is 0 Å². The van der Waals surface area contributed by atoms with Crippen molar-refractivity contribution in [1.29, 1.82) is 5.26 Å². The molecule has 3 rings (SSSR count). The van der Waals surface area contributed by atoms with Gasteiger partial charge in [0.25, 0.3) is 0 Å². The third-order valence-corrected chi connectivity index (χ3v) is 2.60. The molecule has 0 spiro atoms. The van der Waals surface area contributed by atoms with Gasteiger partial charge in [0.05, 0.1) is 28.8 Å². The number of hydrogen-bond acceptors (Lipinski definition) is 4. The Hall–Kier alpha value is -2.37. The summed E-state index contributed by atoms with van der Waals surface area (Å²) in [5, 5.41) is 7.32. The van der Waals surface area contributed by atoms with Crippen LogP contribution in [0, 0.1) is 11.3 Å². The van der Waals surface area contributed by atoms with Crippen LogP contribution in [-0.4, -0.2) is 15.0 Å². The number of pyridine rings is 3. The Balaban J connectivity index is 0.000000562. The molecule has 0 N–H and O–H groups in total. The van der Waals surface area contributed by atoms with Gasteiger partial charge in [0.15, 0.2) is 0 Å². The number of nitriles is 1. The maximum atomic E-state index is 7.32. The van der Waals surface area contributed by atoms with Gasteiger partial charge in [0.1, 0.15) is 0 Å². The summed E-state index contributed by atoms with van der Waals surface area (Å²) in [7, 11) is 0. The summed E-state index contributed by atoms with van der Waals surface area (Å²) in [6.07, 6.45) is 3.54. The molecule has 0 amide bonds. The van der Waals surface area contributed by atoms with Crippen LogP contribution in [0.3, 0.4) is 0 Å². The molecule has 3 aromatic heterocycles. The van der Waals surface area contributed by atoms with Crippen LogP contribution in [0.25, 0.3) is 22.8 Å². The van der Waals surface area contributed by atoms with Crippen molar-refractivity contribution in [1.82, 2.24) is 15.0 Å². The minimum Gasteiger partial charge on any atom is -0.255 e. The third-order valence-electron chi connectivity index (χ3n) is 2.60. The van der Waals surface area contributed by atoms with Crippen molar-refractivity contribution in [2.45, 2.75) is 6.92 Å². The molecular formula is C17H14N4Pt+2. The topological polar surface area (TPSA) is 62.5 Å². The Kier molecular flexibility index (Phi) is 7.67. The molecule has 3 aromatic rings. The van der Waals surface area contributed by atoms with Crippen LogP contribution in [0.2, 0.25) is 0 Å². The van der Waals surface area contributed by atoms with Crippen LogP contribution in [0.4, 0.5) is 0 Å². The largest absolute Gasteiger partial charge is 2.00 e. The van der Waals surface area contributed by atoms with Crippen LogP contribution in [0.5, 0.6) is 0 Å². The van der Waals surface area contributed by atoms with E-state index in [0.29, 0.717) is 0 Å². The van der Waals surface area contributed by atoms with E-state index in [-0.39, 0.29) is 21.1 Å². The molecule has 5 heteroatoms. The molecule has 0 bridgehead atoms.